The van der Waals surface area contributed by atoms with Crippen molar-refractivity contribution < 1.29 is 19.3 Å². The molecule has 0 spiro atoms. The lowest BCUT2D eigenvalue weighted by Crippen LogP contribution is -2.30. The van der Waals surface area contributed by atoms with Gasteiger partial charge in [-0.2, -0.15) is 5.26 Å². The highest BCUT2D eigenvalue weighted by molar-refractivity contribution is 4.90. The maximum absolute atomic E-state index is 9.58. The molecule has 0 amide bonds. The molecule has 0 aliphatic carbocycles. The fourth-order valence-electron chi connectivity index (χ4n) is 2.01. The summed E-state index contributed by atoms with van der Waals surface area (Å²) in [6, 6.07) is 1.91. The first-order valence-electron chi connectivity index (χ1n) is 5.08. The summed E-state index contributed by atoms with van der Waals surface area (Å²) in [4.78, 5) is 0. The summed E-state index contributed by atoms with van der Waals surface area (Å²) in [5, 5.41) is 18.0. The predicted octanol–water partition coefficient (Wildman–Crippen LogP) is 0.527. The van der Waals surface area contributed by atoms with Crippen LogP contribution in [-0.2, 0) is 14.2 Å². The van der Waals surface area contributed by atoms with Crippen LogP contribution in [0.2, 0.25) is 0 Å². The monoisotopic (exact) mass is 213 g/mol. The van der Waals surface area contributed by atoms with Gasteiger partial charge in [0.1, 0.15) is 6.10 Å². The van der Waals surface area contributed by atoms with Crippen LogP contribution in [0.4, 0.5) is 0 Å². The van der Waals surface area contributed by atoms with Gasteiger partial charge in [0, 0.05) is 6.42 Å². The Morgan fingerprint density at radius 1 is 1.53 bits per heavy atom. The summed E-state index contributed by atoms with van der Waals surface area (Å²) in [7, 11) is 0. The van der Waals surface area contributed by atoms with Crippen molar-refractivity contribution in [2.24, 2.45) is 0 Å². The van der Waals surface area contributed by atoms with Gasteiger partial charge in [-0.15, -0.1) is 0 Å². The molecular weight excluding hydrogens is 198 g/mol. The van der Waals surface area contributed by atoms with Gasteiger partial charge in [0.2, 0.25) is 0 Å². The zero-order chi connectivity index (χ0) is 11.1. The normalized spacial score (nSPS) is 39.7. The molecule has 0 radical (unpaired) electrons. The van der Waals surface area contributed by atoms with Crippen molar-refractivity contribution in [1.29, 1.82) is 5.26 Å². The Morgan fingerprint density at radius 3 is 2.87 bits per heavy atom. The zero-order valence-corrected chi connectivity index (χ0v) is 8.84. The molecule has 84 valence electrons. The molecule has 0 unspecified atom stereocenters. The van der Waals surface area contributed by atoms with Gasteiger partial charge in [-0.25, -0.2) is 0 Å². The number of hydrogen-bond acceptors (Lipinski definition) is 5. The highest BCUT2D eigenvalue weighted by Gasteiger charge is 2.49. The van der Waals surface area contributed by atoms with Gasteiger partial charge in [0.05, 0.1) is 24.7 Å². The first-order chi connectivity index (χ1) is 7.02. The number of fused-ring (bicyclic) bond motifs is 1. The van der Waals surface area contributed by atoms with E-state index in [1.165, 1.54) is 0 Å². The van der Waals surface area contributed by atoms with Gasteiger partial charge in [-0.3, -0.25) is 0 Å². The van der Waals surface area contributed by atoms with Gasteiger partial charge >= 0.3 is 0 Å². The van der Waals surface area contributed by atoms with Crippen molar-refractivity contribution in [2.75, 3.05) is 0 Å². The Morgan fingerprint density at radius 2 is 2.27 bits per heavy atom. The minimum atomic E-state index is -0.754. The molecule has 5 heteroatoms. The van der Waals surface area contributed by atoms with Crippen molar-refractivity contribution in [1.82, 2.24) is 0 Å². The third kappa shape index (κ3) is 2.13. The lowest BCUT2D eigenvalue weighted by atomic mass is 10.1. The van der Waals surface area contributed by atoms with Crippen LogP contribution < -0.4 is 0 Å². The van der Waals surface area contributed by atoms with Crippen LogP contribution in [0.5, 0.6) is 0 Å². The maximum Gasteiger partial charge on any atom is 0.187 e. The Labute approximate surface area is 88.5 Å². The molecule has 15 heavy (non-hydrogen) atoms. The molecular formula is C10H15NO4. The number of rotatable bonds is 2. The van der Waals surface area contributed by atoms with Crippen LogP contribution in [-0.4, -0.2) is 35.5 Å². The van der Waals surface area contributed by atoms with Crippen LogP contribution >= 0.6 is 0 Å². The largest absolute Gasteiger partial charge is 0.389 e. The van der Waals surface area contributed by atoms with E-state index < -0.39 is 18.2 Å². The van der Waals surface area contributed by atoms with Crippen LogP contribution in [0, 0.1) is 11.3 Å². The lowest BCUT2D eigenvalue weighted by molar-refractivity contribution is -0.213. The Kier molecular flexibility index (Phi) is 2.69. The van der Waals surface area contributed by atoms with Gasteiger partial charge in [-0.1, -0.05) is 0 Å². The first kappa shape index (κ1) is 10.8. The van der Waals surface area contributed by atoms with Crippen molar-refractivity contribution in [3.8, 4) is 6.07 Å². The summed E-state index contributed by atoms with van der Waals surface area (Å²) in [5.74, 6) is -0.611. The molecule has 2 saturated heterocycles. The third-order valence-corrected chi connectivity index (χ3v) is 2.64. The molecule has 1 N–H and O–H groups in total. The number of nitriles is 1. The highest BCUT2D eigenvalue weighted by Crippen LogP contribution is 2.38. The molecule has 0 aromatic carbocycles. The van der Waals surface area contributed by atoms with E-state index in [2.05, 4.69) is 0 Å². The molecule has 4 atom stereocenters. The first-order valence-corrected chi connectivity index (χ1v) is 5.08. The summed E-state index contributed by atoms with van der Waals surface area (Å²) in [6.07, 6.45) is -0.979. The van der Waals surface area contributed by atoms with Crippen LogP contribution in [0.3, 0.4) is 0 Å². The standard InChI is InChI=1S/C10H15NO4/c1-10(2)14-8-5-7(6(12)3-4-11)13-9(8)15-10/h6-9,12H,3,5H2,1-2H3/t6-,7+,8-,9-/m1/s1. The van der Waals surface area contributed by atoms with Crippen LogP contribution in [0.15, 0.2) is 0 Å². The van der Waals surface area contributed by atoms with E-state index in [1.807, 2.05) is 19.9 Å². The fraction of sp³-hybridized carbons (Fsp3) is 0.900. The van der Waals surface area contributed by atoms with E-state index in [-0.39, 0.29) is 18.6 Å². The quantitative estimate of drug-likeness (QED) is 0.724. The third-order valence-electron chi connectivity index (χ3n) is 2.64. The Hall–Kier alpha value is -0.670. The summed E-state index contributed by atoms with van der Waals surface area (Å²) < 4.78 is 16.6. The van der Waals surface area contributed by atoms with E-state index >= 15 is 0 Å². The van der Waals surface area contributed by atoms with Gasteiger partial charge in [-0.05, 0) is 13.8 Å². The fourth-order valence-corrected chi connectivity index (χ4v) is 2.01. The van der Waals surface area contributed by atoms with Gasteiger partial charge < -0.3 is 19.3 Å². The smallest absolute Gasteiger partial charge is 0.187 e. The molecule has 0 aromatic rings. The second kappa shape index (κ2) is 3.72. The minimum absolute atomic E-state index is 0.0769. The second-order valence-corrected chi connectivity index (χ2v) is 4.38. The lowest BCUT2D eigenvalue weighted by Gasteiger charge is -2.22. The predicted molar refractivity (Wildman–Crippen MR) is 49.6 cm³/mol. The molecule has 0 saturated carbocycles. The van der Waals surface area contributed by atoms with Crippen molar-refractivity contribution in [3.63, 3.8) is 0 Å². The molecule has 2 rings (SSSR count). The van der Waals surface area contributed by atoms with Crippen LogP contribution in [0.1, 0.15) is 26.7 Å². The van der Waals surface area contributed by atoms with Crippen molar-refractivity contribution >= 4 is 0 Å². The highest BCUT2D eigenvalue weighted by atomic mass is 16.8. The number of hydrogen-bond donors (Lipinski definition) is 1. The van der Waals surface area contributed by atoms with E-state index in [0.717, 1.165) is 0 Å². The number of ether oxygens (including phenoxy) is 3. The molecule has 5 nitrogen and oxygen atoms in total. The van der Waals surface area contributed by atoms with E-state index in [1.54, 1.807) is 0 Å². The average molecular weight is 213 g/mol. The number of aliphatic hydroxyl groups excluding tert-OH is 1. The topological polar surface area (TPSA) is 71.7 Å². The molecule has 2 aliphatic rings. The molecule has 2 aliphatic heterocycles. The van der Waals surface area contributed by atoms with Crippen molar-refractivity contribution in [3.05, 3.63) is 0 Å². The molecule has 0 aromatic heterocycles. The van der Waals surface area contributed by atoms with E-state index in [9.17, 15) is 5.11 Å². The Bertz CT molecular complexity index is 270. The van der Waals surface area contributed by atoms with E-state index in [0.29, 0.717) is 6.42 Å². The Balaban J connectivity index is 1.91. The van der Waals surface area contributed by atoms with Crippen LogP contribution in [0.25, 0.3) is 0 Å². The number of aliphatic hydroxyl groups is 1. The summed E-state index contributed by atoms with van der Waals surface area (Å²) >= 11 is 0. The van der Waals surface area contributed by atoms with Gasteiger partial charge in [0.25, 0.3) is 0 Å². The summed E-state index contributed by atoms with van der Waals surface area (Å²) in [6.45, 7) is 3.66. The number of nitrogens with zero attached hydrogens (tertiary/aromatic N) is 1. The zero-order valence-electron chi connectivity index (χ0n) is 8.84. The summed E-state index contributed by atoms with van der Waals surface area (Å²) in [5.41, 5.74) is 0. The van der Waals surface area contributed by atoms with Gasteiger partial charge in [0.15, 0.2) is 12.1 Å². The second-order valence-electron chi connectivity index (χ2n) is 4.38. The molecule has 0 bridgehead atoms. The maximum atomic E-state index is 9.58. The minimum Gasteiger partial charge on any atom is -0.389 e. The molecule has 2 heterocycles. The molecule has 2 fully saturated rings. The van der Waals surface area contributed by atoms with E-state index in [4.69, 9.17) is 19.5 Å². The average Bonchev–Trinajstić information content (AvgIpc) is 2.57. The SMILES string of the molecule is CC1(C)O[C@H]2O[C@H]([C@H](O)CC#N)C[C@H]2O1. The van der Waals surface area contributed by atoms with Crippen molar-refractivity contribution in [2.45, 2.75) is 57.1 Å².